The van der Waals surface area contributed by atoms with Crippen LogP contribution >= 0.6 is 0 Å². The van der Waals surface area contributed by atoms with Crippen LogP contribution in [0.5, 0.6) is 0 Å². The summed E-state index contributed by atoms with van der Waals surface area (Å²) in [7, 11) is 0. The fourth-order valence-corrected chi connectivity index (χ4v) is 5.11. The molecule has 1 atom stereocenters. The number of likely N-dealkylation sites (tertiary alicyclic amines) is 1. The molecule has 0 bridgehead atoms. The van der Waals surface area contributed by atoms with Gasteiger partial charge >= 0.3 is 6.18 Å². The monoisotopic (exact) mass is 470 g/mol. The molecule has 4 rings (SSSR count). The zero-order chi connectivity index (χ0) is 24.5. The maximum atomic E-state index is 13.4. The van der Waals surface area contributed by atoms with E-state index >= 15 is 0 Å². The minimum absolute atomic E-state index is 0.156. The summed E-state index contributed by atoms with van der Waals surface area (Å²) in [6, 6.07) is 13.9. The smallest absolute Gasteiger partial charge is 0.371 e. The van der Waals surface area contributed by atoms with Crippen LogP contribution in [0.2, 0.25) is 0 Å². The fraction of sp³-hybridized carbons (Fsp3) is 0.400. The standard InChI is InChI=1S/C25H25F3N4O2/c26-25(27,28)20-13-19(7-6-18(20)15-29)31-10-8-24(9-11-31)14-21(23(30)34)32(16-24)22(33)12-17-4-2-1-3-5-17/h1-7,13,21H,8-12,14,16H2,(H2,30,34). The van der Waals surface area contributed by atoms with Gasteiger partial charge in [0.15, 0.2) is 0 Å². The van der Waals surface area contributed by atoms with Gasteiger partial charge in [0.1, 0.15) is 6.04 Å². The van der Waals surface area contributed by atoms with E-state index in [1.54, 1.807) is 11.0 Å². The van der Waals surface area contributed by atoms with Crippen LogP contribution in [0, 0.1) is 16.7 Å². The number of hydrogen-bond donors (Lipinski definition) is 1. The highest BCUT2D eigenvalue weighted by molar-refractivity contribution is 5.88. The molecule has 2 aromatic rings. The number of carbonyl (C=O) groups is 2. The molecule has 2 aromatic carbocycles. The third kappa shape index (κ3) is 4.72. The minimum Gasteiger partial charge on any atom is -0.371 e. The van der Waals surface area contributed by atoms with Crippen molar-refractivity contribution in [2.24, 2.45) is 11.1 Å². The van der Waals surface area contributed by atoms with E-state index in [9.17, 15) is 22.8 Å². The number of alkyl halides is 3. The van der Waals surface area contributed by atoms with Gasteiger partial charge in [-0.25, -0.2) is 0 Å². The lowest BCUT2D eigenvalue weighted by atomic mass is 9.76. The van der Waals surface area contributed by atoms with Gasteiger partial charge in [-0.2, -0.15) is 18.4 Å². The van der Waals surface area contributed by atoms with E-state index in [2.05, 4.69) is 0 Å². The molecule has 0 radical (unpaired) electrons. The predicted octanol–water partition coefficient (Wildman–Crippen LogP) is 3.49. The first-order valence-electron chi connectivity index (χ1n) is 11.1. The van der Waals surface area contributed by atoms with Crippen LogP contribution in [-0.4, -0.2) is 42.4 Å². The van der Waals surface area contributed by atoms with Crippen LogP contribution in [0.25, 0.3) is 0 Å². The Morgan fingerprint density at radius 1 is 1.12 bits per heavy atom. The molecule has 34 heavy (non-hydrogen) atoms. The molecule has 2 aliphatic heterocycles. The molecule has 2 N–H and O–H groups in total. The van der Waals surface area contributed by atoms with Crippen molar-refractivity contribution in [3.63, 3.8) is 0 Å². The summed E-state index contributed by atoms with van der Waals surface area (Å²) in [5, 5.41) is 9.02. The Morgan fingerprint density at radius 2 is 1.79 bits per heavy atom. The Hall–Kier alpha value is -3.54. The number of nitrogens with zero attached hydrogens (tertiary/aromatic N) is 3. The van der Waals surface area contributed by atoms with Crippen molar-refractivity contribution in [3.8, 4) is 6.07 Å². The van der Waals surface area contributed by atoms with Crippen molar-refractivity contribution in [3.05, 3.63) is 65.2 Å². The number of rotatable bonds is 4. The van der Waals surface area contributed by atoms with E-state index in [4.69, 9.17) is 11.0 Å². The SMILES string of the molecule is N#Cc1ccc(N2CCC3(CC2)CC(C(N)=O)N(C(=O)Cc2ccccc2)C3)cc1C(F)(F)F. The summed E-state index contributed by atoms with van der Waals surface area (Å²) in [6.45, 7) is 1.37. The number of amides is 2. The molecule has 0 saturated carbocycles. The molecule has 6 nitrogen and oxygen atoms in total. The van der Waals surface area contributed by atoms with E-state index in [0.717, 1.165) is 11.6 Å². The van der Waals surface area contributed by atoms with Gasteiger partial charge in [-0.05, 0) is 48.4 Å². The lowest BCUT2D eigenvalue weighted by molar-refractivity contribution is -0.137. The van der Waals surface area contributed by atoms with Crippen LogP contribution in [0.15, 0.2) is 48.5 Å². The van der Waals surface area contributed by atoms with Crippen LogP contribution in [-0.2, 0) is 22.2 Å². The van der Waals surface area contributed by atoms with Crippen molar-refractivity contribution >= 4 is 17.5 Å². The summed E-state index contributed by atoms with van der Waals surface area (Å²) < 4.78 is 40.1. The summed E-state index contributed by atoms with van der Waals surface area (Å²) in [4.78, 5) is 28.6. The Labute approximate surface area is 195 Å². The van der Waals surface area contributed by atoms with Gasteiger partial charge in [-0.3, -0.25) is 9.59 Å². The second-order valence-electron chi connectivity index (χ2n) is 9.13. The van der Waals surface area contributed by atoms with Gasteiger partial charge in [0.05, 0.1) is 23.6 Å². The maximum Gasteiger partial charge on any atom is 0.417 e. The number of carbonyl (C=O) groups excluding carboxylic acids is 2. The Kier molecular flexibility index (Phi) is 6.26. The van der Waals surface area contributed by atoms with Crippen LogP contribution in [0.3, 0.4) is 0 Å². The number of piperidine rings is 1. The maximum absolute atomic E-state index is 13.4. The zero-order valence-corrected chi connectivity index (χ0v) is 18.5. The van der Waals surface area contributed by atoms with Gasteiger partial charge in [-0.1, -0.05) is 30.3 Å². The van der Waals surface area contributed by atoms with Gasteiger partial charge in [-0.15, -0.1) is 0 Å². The summed E-state index contributed by atoms with van der Waals surface area (Å²) in [6.07, 6.45) is -2.74. The van der Waals surface area contributed by atoms with E-state index in [1.165, 1.54) is 12.1 Å². The Bertz CT molecular complexity index is 1120. The van der Waals surface area contributed by atoms with Gasteiger partial charge in [0.25, 0.3) is 0 Å². The quantitative estimate of drug-likeness (QED) is 0.741. The fourth-order valence-electron chi connectivity index (χ4n) is 5.11. The Balaban J connectivity index is 1.48. The van der Waals surface area contributed by atoms with E-state index < -0.39 is 29.3 Å². The average Bonchev–Trinajstić information content (AvgIpc) is 3.19. The molecule has 2 heterocycles. The average molecular weight is 470 g/mol. The minimum atomic E-state index is -4.61. The van der Waals surface area contributed by atoms with Crippen molar-refractivity contribution in [2.75, 3.05) is 24.5 Å². The number of nitriles is 1. The molecule has 2 aliphatic rings. The molecule has 0 aliphatic carbocycles. The number of primary amides is 1. The first-order valence-corrected chi connectivity index (χ1v) is 11.1. The molecular formula is C25H25F3N4O2. The summed E-state index contributed by atoms with van der Waals surface area (Å²) in [5.74, 6) is -0.696. The van der Waals surface area contributed by atoms with Crippen molar-refractivity contribution in [2.45, 2.75) is 37.9 Å². The lowest BCUT2D eigenvalue weighted by Gasteiger charge is -2.40. The first-order chi connectivity index (χ1) is 16.1. The molecule has 178 valence electrons. The molecule has 1 unspecified atom stereocenters. The van der Waals surface area contributed by atoms with Gasteiger partial charge < -0.3 is 15.5 Å². The van der Waals surface area contributed by atoms with E-state index in [-0.39, 0.29) is 17.7 Å². The highest BCUT2D eigenvalue weighted by atomic mass is 19.4. The van der Waals surface area contributed by atoms with Crippen LogP contribution in [0.1, 0.15) is 36.0 Å². The second kappa shape index (κ2) is 9.01. The van der Waals surface area contributed by atoms with Crippen LogP contribution < -0.4 is 10.6 Å². The molecule has 2 amide bonds. The number of nitrogens with two attached hydrogens (primary N) is 1. The highest BCUT2D eigenvalue weighted by Crippen LogP contribution is 2.45. The Morgan fingerprint density at radius 3 is 2.38 bits per heavy atom. The normalized spacial score (nSPS) is 19.8. The molecule has 2 saturated heterocycles. The van der Waals surface area contributed by atoms with E-state index in [0.29, 0.717) is 44.6 Å². The lowest BCUT2D eigenvalue weighted by Crippen LogP contribution is -2.45. The largest absolute Gasteiger partial charge is 0.417 e. The number of hydrogen-bond acceptors (Lipinski definition) is 4. The van der Waals surface area contributed by atoms with Crippen LogP contribution in [0.4, 0.5) is 18.9 Å². The third-order valence-corrected chi connectivity index (χ3v) is 6.97. The number of halogens is 3. The van der Waals surface area contributed by atoms with Gasteiger partial charge in [0.2, 0.25) is 11.8 Å². The highest BCUT2D eigenvalue weighted by Gasteiger charge is 2.49. The second-order valence-corrected chi connectivity index (χ2v) is 9.13. The van der Waals surface area contributed by atoms with E-state index in [1.807, 2.05) is 35.2 Å². The third-order valence-electron chi connectivity index (χ3n) is 6.97. The van der Waals surface area contributed by atoms with Crippen molar-refractivity contribution < 1.29 is 22.8 Å². The molecule has 0 aromatic heterocycles. The first kappa shape index (κ1) is 23.6. The number of anilines is 1. The summed E-state index contributed by atoms with van der Waals surface area (Å²) >= 11 is 0. The molecular weight excluding hydrogens is 445 g/mol. The van der Waals surface area contributed by atoms with Crippen molar-refractivity contribution in [1.82, 2.24) is 4.90 Å². The molecule has 9 heteroatoms. The van der Waals surface area contributed by atoms with Crippen molar-refractivity contribution in [1.29, 1.82) is 5.26 Å². The predicted molar refractivity (Wildman–Crippen MR) is 119 cm³/mol. The molecule has 2 fully saturated rings. The molecule has 1 spiro atoms. The zero-order valence-electron chi connectivity index (χ0n) is 18.5. The topological polar surface area (TPSA) is 90.4 Å². The number of benzene rings is 2. The summed E-state index contributed by atoms with van der Waals surface area (Å²) in [5.41, 5.74) is 5.24. The van der Waals surface area contributed by atoms with Gasteiger partial charge in [0, 0.05) is 25.3 Å².